The molecule has 7 heteroatoms. The molecule has 0 bridgehead atoms. The number of anilines is 1. The van der Waals surface area contributed by atoms with Crippen LogP contribution in [0.15, 0.2) is 18.2 Å². The molecule has 0 aliphatic heterocycles. The van der Waals surface area contributed by atoms with Gasteiger partial charge >= 0.3 is 6.03 Å². The first-order valence-corrected chi connectivity index (χ1v) is 5.22. The van der Waals surface area contributed by atoms with E-state index in [4.69, 9.17) is 17.4 Å². The van der Waals surface area contributed by atoms with E-state index in [0.717, 1.165) is 10.2 Å². The number of nitrogens with two attached hydrogens (primary N) is 1. The van der Waals surface area contributed by atoms with Gasteiger partial charge in [0.2, 0.25) is 0 Å². The Morgan fingerprint density at radius 1 is 1.53 bits per heavy atom. The van der Waals surface area contributed by atoms with Crippen LogP contribution < -0.4 is 16.6 Å². The second kappa shape index (κ2) is 4.01. The summed E-state index contributed by atoms with van der Waals surface area (Å²) in [7, 11) is 0. The van der Waals surface area contributed by atoms with Crippen LogP contribution in [0, 0.1) is 0 Å². The minimum absolute atomic E-state index is 0.482. The highest BCUT2D eigenvalue weighted by atomic mass is 35.5. The third-order valence-electron chi connectivity index (χ3n) is 1.70. The van der Waals surface area contributed by atoms with Gasteiger partial charge in [0.1, 0.15) is 0 Å². The maximum Gasteiger partial charge on any atom is 0.335 e. The van der Waals surface area contributed by atoms with E-state index in [9.17, 15) is 4.79 Å². The van der Waals surface area contributed by atoms with E-state index in [0.29, 0.717) is 10.2 Å². The molecule has 0 saturated carbocycles. The average molecular weight is 243 g/mol. The van der Waals surface area contributed by atoms with E-state index in [2.05, 4.69) is 10.3 Å². The topological polar surface area (TPSA) is 80.0 Å². The quantitative estimate of drug-likeness (QED) is 0.406. The molecule has 1 aromatic heterocycles. The molecule has 0 unspecified atom stereocenters. The Hall–Kier alpha value is -1.37. The van der Waals surface area contributed by atoms with Gasteiger partial charge in [-0.1, -0.05) is 22.9 Å². The highest BCUT2D eigenvalue weighted by Crippen LogP contribution is 2.27. The monoisotopic (exact) mass is 242 g/mol. The fourth-order valence-electron chi connectivity index (χ4n) is 1.09. The lowest BCUT2D eigenvalue weighted by Gasteiger charge is -1.96. The highest BCUT2D eigenvalue weighted by Gasteiger charge is 2.06. The molecule has 15 heavy (non-hydrogen) atoms. The Bertz CT molecular complexity index is 512. The van der Waals surface area contributed by atoms with Gasteiger partial charge in [-0.05, 0) is 18.2 Å². The fourth-order valence-corrected chi connectivity index (χ4v) is 2.22. The number of nitrogens with one attached hydrogen (secondary N) is 2. The Labute approximate surface area is 94.2 Å². The molecule has 0 radical (unpaired) electrons. The van der Waals surface area contributed by atoms with Crippen LogP contribution in [0.1, 0.15) is 0 Å². The summed E-state index contributed by atoms with van der Waals surface area (Å²) in [6, 6.07) is 4.83. The molecule has 78 valence electrons. The van der Waals surface area contributed by atoms with E-state index >= 15 is 0 Å². The van der Waals surface area contributed by atoms with Crippen LogP contribution in [0.4, 0.5) is 9.93 Å². The molecule has 0 aliphatic carbocycles. The summed E-state index contributed by atoms with van der Waals surface area (Å²) in [4.78, 5) is 15.1. The number of carbonyl (C=O) groups excluding carboxylic acids is 1. The number of rotatable bonds is 1. The number of hydrogen-bond acceptors (Lipinski definition) is 4. The number of benzene rings is 1. The molecular weight excluding hydrogens is 236 g/mol. The number of fused-ring (bicyclic) bond motifs is 1. The Morgan fingerprint density at radius 2 is 2.33 bits per heavy atom. The summed E-state index contributed by atoms with van der Waals surface area (Å²) < 4.78 is 0.912. The van der Waals surface area contributed by atoms with Gasteiger partial charge < -0.3 is 0 Å². The molecule has 0 atom stereocenters. The standard InChI is InChI=1S/C8H7ClN4OS/c9-4-1-2-5-6(3-4)15-8(11-5)12-7(14)13-10/h1-3H,10H2,(H2,11,12,13,14). The number of urea groups is 1. The number of hydrazine groups is 1. The maximum atomic E-state index is 10.9. The third-order valence-corrected chi connectivity index (χ3v) is 2.87. The number of nitrogens with zero attached hydrogens (tertiary/aromatic N) is 1. The van der Waals surface area contributed by atoms with Crippen LogP contribution in [0.3, 0.4) is 0 Å². The SMILES string of the molecule is NNC(=O)Nc1nc2ccc(Cl)cc2s1. The minimum Gasteiger partial charge on any atom is -0.283 e. The molecule has 2 rings (SSSR count). The van der Waals surface area contributed by atoms with Crippen molar-refractivity contribution in [1.82, 2.24) is 10.4 Å². The summed E-state index contributed by atoms with van der Waals surface area (Å²) in [5.41, 5.74) is 2.75. The lowest BCUT2D eigenvalue weighted by molar-refractivity contribution is 0.252. The zero-order chi connectivity index (χ0) is 10.8. The lowest BCUT2D eigenvalue weighted by Crippen LogP contribution is -2.34. The summed E-state index contributed by atoms with van der Waals surface area (Å²) in [5, 5.41) is 3.61. The molecule has 0 aliphatic rings. The molecule has 1 heterocycles. The van der Waals surface area contributed by atoms with Crippen molar-refractivity contribution >= 4 is 44.3 Å². The number of hydrogen-bond donors (Lipinski definition) is 3. The van der Waals surface area contributed by atoms with Crippen LogP contribution >= 0.6 is 22.9 Å². The predicted octanol–water partition coefficient (Wildman–Crippen LogP) is 1.94. The summed E-state index contributed by atoms with van der Waals surface area (Å²) in [6.07, 6.45) is 0. The molecule has 2 amide bonds. The third kappa shape index (κ3) is 2.17. The van der Waals surface area contributed by atoms with Gasteiger partial charge in [0.05, 0.1) is 10.2 Å². The average Bonchev–Trinajstić information content (AvgIpc) is 2.59. The number of thiazole rings is 1. The van der Waals surface area contributed by atoms with E-state index in [1.807, 2.05) is 5.43 Å². The van der Waals surface area contributed by atoms with E-state index in [-0.39, 0.29) is 0 Å². The number of amides is 2. The molecule has 4 N–H and O–H groups in total. The van der Waals surface area contributed by atoms with Crippen molar-refractivity contribution in [3.63, 3.8) is 0 Å². The maximum absolute atomic E-state index is 10.9. The Balaban J connectivity index is 2.34. The van der Waals surface area contributed by atoms with E-state index in [1.54, 1.807) is 18.2 Å². The van der Waals surface area contributed by atoms with Crippen molar-refractivity contribution in [3.05, 3.63) is 23.2 Å². The lowest BCUT2D eigenvalue weighted by atomic mass is 10.3. The van der Waals surface area contributed by atoms with Crippen molar-refractivity contribution in [1.29, 1.82) is 0 Å². The number of aromatic nitrogens is 1. The molecule has 0 saturated heterocycles. The van der Waals surface area contributed by atoms with Crippen LogP contribution in [0.5, 0.6) is 0 Å². The summed E-state index contributed by atoms with van der Waals surface area (Å²) in [6.45, 7) is 0. The molecule has 2 aromatic rings. The summed E-state index contributed by atoms with van der Waals surface area (Å²) >= 11 is 7.15. The van der Waals surface area contributed by atoms with Gasteiger partial charge in [-0.15, -0.1) is 0 Å². The fraction of sp³-hybridized carbons (Fsp3) is 0. The van der Waals surface area contributed by atoms with Crippen LogP contribution in [0.2, 0.25) is 5.02 Å². The van der Waals surface area contributed by atoms with Crippen molar-refractivity contribution in [2.24, 2.45) is 5.84 Å². The van der Waals surface area contributed by atoms with Gasteiger partial charge in [-0.25, -0.2) is 15.6 Å². The first-order valence-electron chi connectivity index (χ1n) is 4.03. The summed E-state index contributed by atoms with van der Waals surface area (Å²) in [5.74, 6) is 4.93. The van der Waals surface area contributed by atoms with Crippen molar-refractivity contribution in [3.8, 4) is 0 Å². The van der Waals surface area contributed by atoms with Gasteiger partial charge in [-0.2, -0.15) is 0 Å². The van der Waals surface area contributed by atoms with Crippen molar-refractivity contribution < 1.29 is 4.79 Å². The molecule has 0 spiro atoms. The van der Waals surface area contributed by atoms with Crippen LogP contribution in [0.25, 0.3) is 10.2 Å². The van der Waals surface area contributed by atoms with Gasteiger partial charge in [0.15, 0.2) is 5.13 Å². The van der Waals surface area contributed by atoms with Crippen LogP contribution in [-0.4, -0.2) is 11.0 Å². The second-order valence-electron chi connectivity index (χ2n) is 2.73. The first-order chi connectivity index (χ1) is 7.19. The minimum atomic E-state index is -0.500. The molecular formula is C8H7ClN4OS. The molecule has 0 fully saturated rings. The molecule has 1 aromatic carbocycles. The van der Waals surface area contributed by atoms with Gasteiger partial charge in [-0.3, -0.25) is 10.7 Å². The highest BCUT2D eigenvalue weighted by molar-refractivity contribution is 7.22. The smallest absolute Gasteiger partial charge is 0.283 e. The van der Waals surface area contributed by atoms with Crippen LogP contribution in [-0.2, 0) is 0 Å². The van der Waals surface area contributed by atoms with E-state index < -0.39 is 6.03 Å². The number of carbonyl (C=O) groups is 1. The largest absolute Gasteiger partial charge is 0.335 e. The van der Waals surface area contributed by atoms with Crippen molar-refractivity contribution in [2.45, 2.75) is 0 Å². The number of halogens is 1. The molecule has 5 nitrogen and oxygen atoms in total. The van der Waals surface area contributed by atoms with E-state index in [1.165, 1.54) is 11.3 Å². The first kappa shape index (κ1) is 10.2. The van der Waals surface area contributed by atoms with Gasteiger partial charge in [0.25, 0.3) is 0 Å². The normalized spacial score (nSPS) is 10.3. The Morgan fingerprint density at radius 3 is 3.07 bits per heavy atom. The zero-order valence-corrected chi connectivity index (χ0v) is 9.02. The zero-order valence-electron chi connectivity index (χ0n) is 7.45. The Kier molecular flexibility index (Phi) is 2.72. The predicted molar refractivity (Wildman–Crippen MR) is 61.0 cm³/mol. The second-order valence-corrected chi connectivity index (χ2v) is 4.20. The van der Waals surface area contributed by atoms with Crippen molar-refractivity contribution in [2.75, 3.05) is 5.32 Å². The van der Waals surface area contributed by atoms with Gasteiger partial charge in [0, 0.05) is 5.02 Å².